The van der Waals surface area contributed by atoms with E-state index in [0.717, 1.165) is 11.0 Å². The van der Waals surface area contributed by atoms with Crippen LogP contribution in [0.15, 0.2) is 18.2 Å². The predicted molar refractivity (Wildman–Crippen MR) is 75.1 cm³/mol. The lowest BCUT2D eigenvalue weighted by Gasteiger charge is -2.32. The summed E-state index contributed by atoms with van der Waals surface area (Å²) in [7, 11) is -0.410. The zero-order valence-corrected chi connectivity index (χ0v) is 12.0. The Kier molecular flexibility index (Phi) is 3.49. The fourth-order valence-corrected chi connectivity index (χ4v) is 2.24. The van der Waals surface area contributed by atoms with Crippen LogP contribution in [0.1, 0.15) is 33.3 Å². The van der Waals surface area contributed by atoms with Gasteiger partial charge in [-0.3, -0.25) is 0 Å². The summed E-state index contributed by atoms with van der Waals surface area (Å²) in [5.41, 5.74) is 6.85. The molecule has 2 N–H and O–H groups in total. The summed E-state index contributed by atoms with van der Waals surface area (Å²) in [6.07, 6.45) is 0. The topological polar surface area (TPSA) is 44.5 Å². The largest absolute Gasteiger partial charge is 0.495 e. The zero-order chi connectivity index (χ0) is 13.6. The second-order valence-corrected chi connectivity index (χ2v) is 6.01. The molecule has 18 heavy (non-hydrogen) atoms. The van der Waals surface area contributed by atoms with Crippen LogP contribution in [0.3, 0.4) is 0 Å². The maximum atomic E-state index is 6.16. The Labute approximate surface area is 114 Å². The van der Waals surface area contributed by atoms with Gasteiger partial charge < -0.3 is 15.0 Å². The summed E-state index contributed by atoms with van der Waals surface area (Å²) in [5.74, 6) is 0. The van der Waals surface area contributed by atoms with E-state index in [1.165, 1.54) is 0 Å². The number of benzene rings is 1. The second-order valence-electron chi connectivity index (χ2n) is 5.60. The average molecular weight is 268 g/mol. The van der Waals surface area contributed by atoms with Crippen LogP contribution in [-0.4, -0.2) is 18.3 Å². The number of hydrogen-bond acceptors (Lipinski definition) is 3. The average Bonchev–Trinajstić information content (AvgIpc) is 2.47. The van der Waals surface area contributed by atoms with E-state index >= 15 is 0 Å². The van der Waals surface area contributed by atoms with E-state index in [9.17, 15) is 0 Å². The summed E-state index contributed by atoms with van der Waals surface area (Å²) >= 11 is 6.16. The van der Waals surface area contributed by atoms with Gasteiger partial charge in [0.1, 0.15) is 0 Å². The SMILES string of the molecule is CC1(C)OB(c2cccc(Cl)c2CN)OC1(C)C. The molecule has 3 nitrogen and oxygen atoms in total. The fraction of sp³-hybridized carbons (Fsp3) is 0.538. The van der Waals surface area contributed by atoms with Crippen LogP contribution in [-0.2, 0) is 15.9 Å². The van der Waals surface area contributed by atoms with Crippen molar-refractivity contribution in [3.05, 3.63) is 28.8 Å². The van der Waals surface area contributed by atoms with Crippen molar-refractivity contribution in [2.75, 3.05) is 0 Å². The first-order valence-electron chi connectivity index (χ1n) is 6.11. The van der Waals surface area contributed by atoms with Gasteiger partial charge in [-0.1, -0.05) is 23.7 Å². The molecule has 0 spiro atoms. The van der Waals surface area contributed by atoms with Gasteiger partial charge in [-0.2, -0.15) is 0 Å². The van der Waals surface area contributed by atoms with E-state index in [1.54, 1.807) is 0 Å². The van der Waals surface area contributed by atoms with Gasteiger partial charge in [-0.25, -0.2) is 0 Å². The lowest BCUT2D eigenvalue weighted by atomic mass is 9.76. The van der Waals surface area contributed by atoms with Crippen LogP contribution in [0.4, 0.5) is 0 Å². The lowest BCUT2D eigenvalue weighted by Crippen LogP contribution is -2.41. The molecule has 1 heterocycles. The monoisotopic (exact) mass is 267 g/mol. The number of nitrogens with two attached hydrogens (primary N) is 1. The fourth-order valence-electron chi connectivity index (χ4n) is 1.98. The molecule has 98 valence electrons. The van der Waals surface area contributed by atoms with Gasteiger partial charge in [0.05, 0.1) is 11.2 Å². The summed E-state index contributed by atoms with van der Waals surface area (Å²) in [4.78, 5) is 0. The molecule has 0 saturated carbocycles. The summed E-state index contributed by atoms with van der Waals surface area (Å²) < 4.78 is 12.0. The van der Waals surface area contributed by atoms with Gasteiger partial charge >= 0.3 is 7.12 Å². The quantitative estimate of drug-likeness (QED) is 0.835. The highest BCUT2D eigenvalue weighted by Crippen LogP contribution is 2.36. The highest BCUT2D eigenvalue weighted by atomic mass is 35.5. The molecule has 0 amide bonds. The lowest BCUT2D eigenvalue weighted by molar-refractivity contribution is 0.00578. The van der Waals surface area contributed by atoms with E-state index in [1.807, 2.05) is 45.9 Å². The van der Waals surface area contributed by atoms with E-state index < -0.39 is 7.12 Å². The molecule has 0 aliphatic carbocycles. The molecule has 1 aliphatic rings. The van der Waals surface area contributed by atoms with Crippen molar-refractivity contribution in [1.82, 2.24) is 0 Å². The normalized spacial score (nSPS) is 21.3. The van der Waals surface area contributed by atoms with Crippen molar-refractivity contribution in [2.45, 2.75) is 45.4 Å². The minimum Gasteiger partial charge on any atom is -0.399 e. The first kappa shape index (κ1) is 13.9. The third kappa shape index (κ3) is 2.18. The Morgan fingerprint density at radius 1 is 1.17 bits per heavy atom. The first-order valence-corrected chi connectivity index (χ1v) is 6.49. The van der Waals surface area contributed by atoms with Crippen LogP contribution in [0.5, 0.6) is 0 Å². The Morgan fingerprint density at radius 3 is 2.22 bits per heavy atom. The molecule has 1 aromatic rings. The molecule has 2 rings (SSSR count). The second kappa shape index (κ2) is 4.53. The standard InChI is InChI=1S/C13H19BClNO2/c1-12(2)13(3,4)18-14(17-12)10-6-5-7-11(15)9(10)8-16/h5-7H,8,16H2,1-4H3. The summed E-state index contributed by atoms with van der Waals surface area (Å²) in [5, 5.41) is 0.657. The Morgan fingerprint density at radius 2 is 1.72 bits per heavy atom. The van der Waals surface area contributed by atoms with Crippen LogP contribution in [0.2, 0.25) is 5.02 Å². The molecule has 0 unspecified atom stereocenters. The Bertz CT molecular complexity index is 446. The molecule has 0 atom stereocenters. The van der Waals surface area contributed by atoms with Crippen LogP contribution >= 0.6 is 11.6 Å². The van der Waals surface area contributed by atoms with Gasteiger partial charge in [0.15, 0.2) is 0 Å². The molecular formula is C13H19BClNO2. The first-order chi connectivity index (χ1) is 8.28. The van der Waals surface area contributed by atoms with Gasteiger partial charge in [0.2, 0.25) is 0 Å². The van der Waals surface area contributed by atoms with Gasteiger partial charge in [-0.05, 0) is 44.8 Å². The minimum atomic E-state index is -0.410. The van der Waals surface area contributed by atoms with E-state index in [0.29, 0.717) is 11.6 Å². The van der Waals surface area contributed by atoms with Gasteiger partial charge in [0.25, 0.3) is 0 Å². The maximum Gasteiger partial charge on any atom is 0.495 e. The van der Waals surface area contributed by atoms with Crippen molar-refractivity contribution in [1.29, 1.82) is 0 Å². The number of halogens is 1. The molecule has 1 aromatic carbocycles. The molecule has 0 radical (unpaired) electrons. The third-order valence-corrected chi connectivity index (χ3v) is 4.22. The van der Waals surface area contributed by atoms with Crippen molar-refractivity contribution in [2.24, 2.45) is 5.73 Å². The number of hydrogen-bond donors (Lipinski definition) is 1. The van der Waals surface area contributed by atoms with Crippen molar-refractivity contribution in [3.63, 3.8) is 0 Å². The molecule has 1 saturated heterocycles. The number of rotatable bonds is 2. The Hall–Kier alpha value is -0.545. The van der Waals surface area contributed by atoms with Crippen molar-refractivity contribution >= 4 is 24.2 Å². The molecule has 1 aliphatic heterocycles. The van der Waals surface area contributed by atoms with Crippen LogP contribution in [0, 0.1) is 0 Å². The van der Waals surface area contributed by atoms with Crippen molar-refractivity contribution in [3.8, 4) is 0 Å². The molecule has 1 fully saturated rings. The zero-order valence-electron chi connectivity index (χ0n) is 11.3. The van der Waals surface area contributed by atoms with E-state index in [2.05, 4.69) is 0 Å². The molecule has 0 aromatic heterocycles. The van der Waals surface area contributed by atoms with Gasteiger partial charge in [0, 0.05) is 11.6 Å². The minimum absolute atomic E-state index is 0.355. The third-order valence-electron chi connectivity index (χ3n) is 3.87. The maximum absolute atomic E-state index is 6.16. The molecule has 5 heteroatoms. The smallest absolute Gasteiger partial charge is 0.399 e. The van der Waals surface area contributed by atoms with Crippen LogP contribution in [0.25, 0.3) is 0 Å². The highest BCUT2D eigenvalue weighted by molar-refractivity contribution is 6.63. The van der Waals surface area contributed by atoms with Gasteiger partial charge in [-0.15, -0.1) is 0 Å². The van der Waals surface area contributed by atoms with Crippen LogP contribution < -0.4 is 11.2 Å². The summed E-state index contributed by atoms with van der Waals surface area (Å²) in [6.45, 7) is 8.48. The highest BCUT2D eigenvalue weighted by Gasteiger charge is 2.52. The summed E-state index contributed by atoms with van der Waals surface area (Å²) in [6, 6.07) is 5.68. The van der Waals surface area contributed by atoms with E-state index in [-0.39, 0.29) is 11.2 Å². The predicted octanol–water partition coefficient (Wildman–Crippen LogP) is 2.10. The Balaban J connectivity index is 2.38. The molecule has 0 bridgehead atoms. The molecular weight excluding hydrogens is 248 g/mol. The van der Waals surface area contributed by atoms with Crippen molar-refractivity contribution < 1.29 is 9.31 Å². The van der Waals surface area contributed by atoms with E-state index in [4.69, 9.17) is 26.6 Å².